The number of rotatable bonds is 3. The number of nitrogens with zero attached hydrogens (tertiary/aromatic N) is 2. The summed E-state index contributed by atoms with van der Waals surface area (Å²) < 4.78 is 0. The van der Waals surface area contributed by atoms with E-state index in [1.54, 1.807) is 17.9 Å². The summed E-state index contributed by atoms with van der Waals surface area (Å²) in [5, 5.41) is 10.8. The standard InChI is InChI=1S/C13H17N3O3/c1-9-4-11(6-12(5-9)16(18)19)13(17)15-3-2-10(7-14)8-15/h4-6,10H,2-3,7-8,14H2,1H3. The van der Waals surface area contributed by atoms with E-state index in [1.807, 2.05) is 0 Å². The number of benzene rings is 1. The Bertz CT molecular complexity index is 516. The van der Waals surface area contributed by atoms with Crippen molar-refractivity contribution in [3.05, 3.63) is 39.4 Å². The fourth-order valence-electron chi connectivity index (χ4n) is 2.38. The van der Waals surface area contributed by atoms with Gasteiger partial charge in [-0.05, 0) is 37.4 Å². The first kappa shape index (κ1) is 13.5. The minimum atomic E-state index is -0.476. The van der Waals surface area contributed by atoms with Crippen LogP contribution in [0.1, 0.15) is 22.3 Å². The summed E-state index contributed by atoms with van der Waals surface area (Å²) in [6.45, 7) is 3.62. The first-order chi connectivity index (χ1) is 9.01. The van der Waals surface area contributed by atoms with Gasteiger partial charge < -0.3 is 10.6 Å². The summed E-state index contributed by atoms with van der Waals surface area (Å²) >= 11 is 0. The molecule has 6 nitrogen and oxygen atoms in total. The van der Waals surface area contributed by atoms with E-state index in [1.165, 1.54) is 12.1 Å². The number of nitro benzene ring substituents is 1. The number of carbonyl (C=O) groups excluding carboxylic acids is 1. The molecule has 1 aliphatic heterocycles. The Hall–Kier alpha value is -1.95. The van der Waals surface area contributed by atoms with Crippen LogP contribution >= 0.6 is 0 Å². The predicted octanol–water partition coefficient (Wildman–Crippen LogP) is 1.32. The van der Waals surface area contributed by atoms with E-state index in [0.29, 0.717) is 36.7 Å². The third-order valence-electron chi connectivity index (χ3n) is 3.43. The minimum Gasteiger partial charge on any atom is -0.338 e. The molecule has 1 heterocycles. The Kier molecular flexibility index (Phi) is 3.80. The lowest BCUT2D eigenvalue weighted by atomic mass is 10.1. The maximum Gasteiger partial charge on any atom is 0.270 e. The highest BCUT2D eigenvalue weighted by atomic mass is 16.6. The van der Waals surface area contributed by atoms with E-state index in [-0.39, 0.29) is 11.6 Å². The number of nitro groups is 1. The van der Waals surface area contributed by atoms with Crippen LogP contribution in [0.25, 0.3) is 0 Å². The zero-order valence-electron chi connectivity index (χ0n) is 10.8. The van der Waals surface area contributed by atoms with Crippen molar-refractivity contribution in [2.75, 3.05) is 19.6 Å². The number of hydrogen-bond donors (Lipinski definition) is 1. The van der Waals surface area contributed by atoms with Crippen molar-refractivity contribution < 1.29 is 9.72 Å². The van der Waals surface area contributed by atoms with Crippen LogP contribution in [-0.4, -0.2) is 35.4 Å². The molecular formula is C13H17N3O3. The van der Waals surface area contributed by atoms with Gasteiger partial charge in [0.25, 0.3) is 11.6 Å². The van der Waals surface area contributed by atoms with Crippen LogP contribution in [0.3, 0.4) is 0 Å². The van der Waals surface area contributed by atoms with Gasteiger partial charge in [-0.3, -0.25) is 14.9 Å². The average molecular weight is 263 g/mol. The van der Waals surface area contributed by atoms with Crippen molar-refractivity contribution in [1.82, 2.24) is 4.90 Å². The van der Waals surface area contributed by atoms with E-state index in [9.17, 15) is 14.9 Å². The zero-order valence-corrected chi connectivity index (χ0v) is 10.8. The Labute approximate surface area is 111 Å². The van der Waals surface area contributed by atoms with E-state index >= 15 is 0 Å². The molecule has 1 fully saturated rings. The SMILES string of the molecule is Cc1cc(C(=O)N2CCC(CN)C2)cc([N+](=O)[O-])c1. The van der Waals surface area contributed by atoms with Gasteiger partial charge in [0.05, 0.1) is 4.92 Å². The number of aryl methyl sites for hydroxylation is 1. The molecule has 19 heavy (non-hydrogen) atoms. The number of hydrogen-bond acceptors (Lipinski definition) is 4. The average Bonchev–Trinajstić information content (AvgIpc) is 2.85. The lowest BCUT2D eigenvalue weighted by Gasteiger charge is -2.16. The van der Waals surface area contributed by atoms with Gasteiger partial charge in [0.1, 0.15) is 0 Å². The van der Waals surface area contributed by atoms with Crippen LogP contribution in [0.2, 0.25) is 0 Å². The predicted molar refractivity (Wildman–Crippen MR) is 70.9 cm³/mol. The molecular weight excluding hydrogens is 246 g/mol. The summed E-state index contributed by atoms with van der Waals surface area (Å²) in [5.41, 5.74) is 6.65. The van der Waals surface area contributed by atoms with Crippen molar-refractivity contribution in [2.45, 2.75) is 13.3 Å². The number of carbonyl (C=O) groups is 1. The molecule has 1 unspecified atom stereocenters. The van der Waals surface area contributed by atoms with Gasteiger partial charge in [-0.2, -0.15) is 0 Å². The second kappa shape index (κ2) is 5.36. The number of amides is 1. The molecule has 2 rings (SSSR count). The van der Waals surface area contributed by atoms with Gasteiger partial charge >= 0.3 is 0 Å². The molecule has 1 amide bonds. The smallest absolute Gasteiger partial charge is 0.270 e. The maximum absolute atomic E-state index is 12.3. The summed E-state index contributed by atoms with van der Waals surface area (Å²) in [7, 11) is 0. The quantitative estimate of drug-likeness (QED) is 0.658. The van der Waals surface area contributed by atoms with Crippen LogP contribution in [0.4, 0.5) is 5.69 Å². The molecule has 0 radical (unpaired) electrons. The third-order valence-corrected chi connectivity index (χ3v) is 3.43. The normalized spacial score (nSPS) is 18.6. The van der Waals surface area contributed by atoms with Gasteiger partial charge in [-0.1, -0.05) is 0 Å². The highest BCUT2D eigenvalue weighted by molar-refractivity contribution is 5.95. The lowest BCUT2D eigenvalue weighted by molar-refractivity contribution is -0.384. The largest absolute Gasteiger partial charge is 0.338 e. The molecule has 1 atom stereocenters. The summed E-state index contributed by atoms with van der Waals surface area (Å²) in [6, 6.07) is 4.49. The Morgan fingerprint density at radius 2 is 2.26 bits per heavy atom. The molecule has 0 bridgehead atoms. The highest BCUT2D eigenvalue weighted by Crippen LogP contribution is 2.21. The number of non-ortho nitro benzene ring substituents is 1. The molecule has 1 saturated heterocycles. The van der Waals surface area contributed by atoms with Crippen molar-refractivity contribution in [3.8, 4) is 0 Å². The van der Waals surface area contributed by atoms with Crippen LogP contribution in [0, 0.1) is 23.0 Å². The Morgan fingerprint density at radius 3 is 2.84 bits per heavy atom. The molecule has 0 aromatic heterocycles. The molecule has 102 valence electrons. The van der Waals surface area contributed by atoms with Crippen LogP contribution < -0.4 is 5.73 Å². The second-order valence-electron chi connectivity index (χ2n) is 4.96. The van der Waals surface area contributed by atoms with E-state index in [2.05, 4.69) is 0 Å². The van der Waals surface area contributed by atoms with Crippen molar-refractivity contribution in [1.29, 1.82) is 0 Å². The third kappa shape index (κ3) is 2.90. The van der Waals surface area contributed by atoms with E-state index in [4.69, 9.17) is 5.73 Å². The fraction of sp³-hybridized carbons (Fsp3) is 0.462. The molecule has 1 aromatic carbocycles. The van der Waals surface area contributed by atoms with Crippen molar-refractivity contribution in [3.63, 3.8) is 0 Å². The molecule has 0 aliphatic carbocycles. The van der Waals surface area contributed by atoms with E-state index in [0.717, 1.165) is 6.42 Å². The first-order valence-electron chi connectivity index (χ1n) is 6.26. The minimum absolute atomic E-state index is 0.0436. The fourth-order valence-corrected chi connectivity index (χ4v) is 2.38. The Morgan fingerprint density at radius 1 is 1.53 bits per heavy atom. The topological polar surface area (TPSA) is 89.5 Å². The molecule has 0 spiro atoms. The molecule has 6 heteroatoms. The number of nitrogens with two attached hydrogens (primary N) is 1. The second-order valence-corrected chi connectivity index (χ2v) is 4.96. The molecule has 2 N–H and O–H groups in total. The van der Waals surface area contributed by atoms with Gasteiger partial charge in [-0.25, -0.2) is 0 Å². The summed E-state index contributed by atoms with van der Waals surface area (Å²) in [4.78, 5) is 24.4. The van der Waals surface area contributed by atoms with Crippen LogP contribution in [0.15, 0.2) is 18.2 Å². The van der Waals surface area contributed by atoms with Gasteiger partial charge in [0.15, 0.2) is 0 Å². The molecule has 1 aliphatic rings. The highest BCUT2D eigenvalue weighted by Gasteiger charge is 2.26. The summed E-state index contributed by atoms with van der Waals surface area (Å²) in [5.74, 6) is 0.187. The first-order valence-corrected chi connectivity index (χ1v) is 6.26. The van der Waals surface area contributed by atoms with Gasteiger partial charge in [0, 0.05) is 30.8 Å². The monoisotopic (exact) mass is 263 g/mol. The Balaban J connectivity index is 2.22. The zero-order chi connectivity index (χ0) is 14.0. The van der Waals surface area contributed by atoms with E-state index < -0.39 is 4.92 Å². The molecule has 0 saturated carbocycles. The van der Waals surface area contributed by atoms with Gasteiger partial charge in [0.2, 0.25) is 0 Å². The van der Waals surface area contributed by atoms with Crippen LogP contribution in [-0.2, 0) is 0 Å². The van der Waals surface area contributed by atoms with Gasteiger partial charge in [-0.15, -0.1) is 0 Å². The van der Waals surface area contributed by atoms with Crippen molar-refractivity contribution in [2.24, 2.45) is 11.7 Å². The van der Waals surface area contributed by atoms with Crippen LogP contribution in [0.5, 0.6) is 0 Å². The van der Waals surface area contributed by atoms with Crippen molar-refractivity contribution >= 4 is 11.6 Å². The molecule has 1 aromatic rings. The maximum atomic E-state index is 12.3. The lowest BCUT2D eigenvalue weighted by Crippen LogP contribution is -2.29. The number of likely N-dealkylation sites (tertiary alicyclic amines) is 1. The summed E-state index contributed by atoms with van der Waals surface area (Å²) in [6.07, 6.45) is 0.899.